The summed E-state index contributed by atoms with van der Waals surface area (Å²) in [4.78, 5) is 12.3. The van der Waals surface area contributed by atoms with Gasteiger partial charge in [0.1, 0.15) is 18.1 Å². The number of hydrogen-bond donors (Lipinski definition) is 2. The van der Waals surface area contributed by atoms with Crippen LogP contribution in [-0.2, 0) is 6.61 Å². The molecule has 0 heterocycles. The molecule has 5 nitrogen and oxygen atoms in total. The molecule has 0 spiro atoms. The molecule has 0 bridgehead atoms. The van der Waals surface area contributed by atoms with E-state index in [2.05, 4.69) is 26.5 Å². The van der Waals surface area contributed by atoms with E-state index < -0.39 is 0 Å². The lowest BCUT2D eigenvalue weighted by Gasteiger charge is -2.07. The molecule has 0 atom stereocenters. The number of ether oxygens (including phenoxy) is 1. The van der Waals surface area contributed by atoms with Crippen LogP contribution in [0.4, 0.5) is 0 Å². The van der Waals surface area contributed by atoms with E-state index in [9.17, 15) is 9.90 Å². The number of hydrazone groups is 1. The fraction of sp³-hybridized carbons (Fsp3) is 0.0909. The number of carbonyl (C=O) groups excluding carboxylic acids is 1. The van der Waals surface area contributed by atoms with Crippen molar-refractivity contribution in [3.05, 3.63) is 94.0 Å². The third kappa shape index (κ3) is 5.20. The molecule has 0 saturated heterocycles. The van der Waals surface area contributed by atoms with Gasteiger partial charge in [-0.05, 0) is 61.0 Å². The Balaban J connectivity index is 1.58. The molecule has 0 aliphatic carbocycles. The number of halogens is 1. The summed E-state index contributed by atoms with van der Waals surface area (Å²) in [6.45, 7) is 2.13. The molecule has 0 unspecified atom stereocenters. The van der Waals surface area contributed by atoms with Gasteiger partial charge in [-0.25, -0.2) is 5.43 Å². The molecule has 142 valence electrons. The second kappa shape index (κ2) is 9.19. The van der Waals surface area contributed by atoms with Crippen LogP contribution in [0.2, 0.25) is 0 Å². The van der Waals surface area contributed by atoms with Gasteiger partial charge in [0, 0.05) is 15.6 Å². The number of hydrogen-bond acceptors (Lipinski definition) is 4. The molecular weight excluding hydrogens is 420 g/mol. The molecule has 0 fully saturated rings. The maximum atomic E-state index is 12.3. The van der Waals surface area contributed by atoms with Crippen LogP contribution in [0.3, 0.4) is 0 Å². The van der Waals surface area contributed by atoms with E-state index in [0.717, 1.165) is 15.8 Å². The molecular formula is C22H19BrN2O3. The summed E-state index contributed by atoms with van der Waals surface area (Å²) in [5.41, 5.74) is 5.04. The Labute approximate surface area is 171 Å². The second-order valence-corrected chi connectivity index (χ2v) is 7.01. The van der Waals surface area contributed by atoms with Crippen LogP contribution in [0.1, 0.15) is 28.4 Å². The van der Waals surface area contributed by atoms with Gasteiger partial charge in [-0.1, -0.05) is 40.2 Å². The minimum atomic E-state index is -0.324. The molecule has 28 heavy (non-hydrogen) atoms. The molecule has 1 amide bonds. The lowest BCUT2D eigenvalue weighted by Crippen LogP contribution is -2.19. The van der Waals surface area contributed by atoms with Crippen LogP contribution in [0.25, 0.3) is 0 Å². The van der Waals surface area contributed by atoms with Gasteiger partial charge in [-0.3, -0.25) is 4.79 Å². The first-order valence-electron chi connectivity index (χ1n) is 8.63. The summed E-state index contributed by atoms with van der Waals surface area (Å²) in [6.07, 6.45) is 0. The lowest BCUT2D eigenvalue weighted by molar-refractivity contribution is 0.0954. The van der Waals surface area contributed by atoms with Crippen molar-refractivity contribution in [1.29, 1.82) is 0 Å². The van der Waals surface area contributed by atoms with Crippen LogP contribution in [-0.4, -0.2) is 16.7 Å². The van der Waals surface area contributed by atoms with E-state index >= 15 is 0 Å². The highest BCUT2D eigenvalue weighted by atomic mass is 79.9. The van der Waals surface area contributed by atoms with Gasteiger partial charge < -0.3 is 9.84 Å². The molecule has 6 heteroatoms. The monoisotopic (exact) mass is 438 g/mol. The maximum Gasteiger partial charge on any atom is 0.271 e. The third-order valence-electron chi connectivity index (χ3n) is 4.05. The van der Waals surface area contributed by atoms with Crippen LogP contribution < -0.4 is 10.2 Å². The average molecular weight is 439 g/mol. The first-order valence-corrected chi connectivity index (χ1v) is 9.42. The van der Waals surface area contributed by atoms with Gasteiger partial charge >= 0.3 is 0 Å². The van der Waals surface area contributed by atoms with E-state index in [-0.39, 0.29) is 11.7 Å². The zero-order valence-corrected chi connectivity index (χ0v) is 16.8. The Bertz CT molecular complexity index is 983. The summed E-state index contributed by atoms with van der Waals surface area (Å²) in [5, 5.41) is 13.9. The highest BCUT2D eigenvalue weighted by Crippen LogP contribution is 2.18. The molecule has 0 aliphatic heterocycles. The summed E-state index contributed by atoms with van der Waals surface area (Å²) in [7, 11) is 0. The number of phenols is 1. The van der Waals surface area contributed by atoms with Gasteiger partial charge in [-0.2, -0.15) is 5.10 Å². The van der Waals surface area contributed by atoms with Crippen LogP contribution in [0.15, 0.2) is 82.4 Å². The van der Waals surface area contributed by atoms with Crippen LogP contribution in [0, 0.1) is 0 Å². The van der Waals surface area contributed by atoms with Crippen molar-refractivity contribution in [2.24, 2.45) is 5.10 Å². The first kappa shape index (κ1) is 19.6. The summed E-state index contributed by atoms with van der Waals surface area (Å²) in [5.74, 6) is 0.572. The Morgan fingerprint density at radius 1 is 1.04 bits per heavy atom. The topological polar surface area (TPSA) is 70.9 Å². The SMILES string of the molecule is C/C(=N/NC(=O)c1ccc(COc2ccc(Br)cc2)cc1)c1ccccc1O. The van der Waals surface area contributed by atoms with Crippen molar-refractivity contribution in [1.82, 2.24) is 5.43 Å². The number of rotatable bonds is 6. The van der Waals surface area contributed by atoms with Gasteiger partial charge in [0.05, 0.1) is 5.71 Å². The van der Waals surface area contributed by atoms with Gasteiger partial charge in [-0.15, -0.1) is 0 Å². The number of aromatic hydroxyl groups is 1. The molecule has 0 aromatic heterocycles. The number of carbonyl (C=O) groups is 1. The van der Waals surface area contributed by atoms with Gasteiger partial charge in [0.15, 0.2) is 0 Å². The number of phenolic OH excluding ortho intramolecular Hbond substituents is 1. The van der Waals surface area contributed by atoms with E-state index in [1.54, 1.807) is 43.3 Å². The summed E-state index contributed by atoms with van der Waals surface area (Å²) in [6, 6.07) is 21.6. The van der Waals surface area contributed by atoms with E-state index in [0.29, 0.717) is 23.4 Å². The van der Waals surface area contributed by atoms with Crippen molar-refractivity contribution in [3.8, 4) is 11.5 Å². The van der Waals surface area contributed by atoms with Crippen molar-refractivity contribution >= 4 is 27.5 Å². The fourth-order valence-corrected chi connectivity index (χ4v) is 2.75. The molecule has 0 radical (unpaired) electrons. The van der Waals surface area contributed by atoms with Crippen molar-refractivity contribution in [3.63, 3.8) is 0 Å². The largest absolute Gasteiger partial charge is 0.507 e. The molecule has 0 saturated carbocycles. The lowest BCUT2D eigenvalue weighted by atomic mass is 10.1. The predicted molar refractivity (Wildman–Crippen MR) is 113 cm³/mol. The van der Waals surface area contributed by atoms with Crippen LogP contribution in [0.5, 0.6) is 11.5 Å². The average Bonchev–Trinajstić information content (AvgIpc) is 2.72. The van der Waals surface area contributed by atoms with Crippen molar-refractivity contribution in [2.45, 2.75) is 13.5 Å². The van der Waals surface area contributed by atoms with E-state index in [1.807, 2.05) is 36.4 Å². The van der Waals surface area contributed by atoms with E-state index in [4.69, 9.17) is 4.74 Å². The first-order chi connectivity index (χ1) is 13.5. The number of para-hydroxylation sites is 1. The highest BCUT2D eigenvalue weighted by molar-refractivity contribution is 9.10. The zero-order chi connectivity index (χ0) is 19.9. The summed E-state index contributed by atoms with van der Waals surface area (Å²) < 4.78 is 6.72. The number of benzene rings is 3. The minimum Gasteiger partial charge on any atom is -0.507 e. The molecule has 3 aromatic carbocycles. The second-order valence-electron chi connectivity index (χ2n) is 6.09. The molecule has 2 N–H and O–H groups in total. The molecule has 3 rings (SSSR count). The highest BCUT2D eigenvalue weighted by Gasteiger charge is 2.07. The number of nitrogens with one attached hydrogen (secondary N) is 1. The van der Waals surface area contributed by atoms with Crippen LogP contribution >= 0.6 is 15.9 Å². The standard InChI is InChI=1S/C22H19BrN2O3/c1-15(20-4-2-3-5-21(20)26)24-25-22(27)17-8-6-16(7-9-17)14-28-19-12-10-18(23)11-13-19/h2-13,26H,14H2,1H3,(H,25,27)/b24-15-. The Hall–Kier alpha value is -3.12. The Morgan fingerprint density at radius 2 is 1.71 bits per heavy atom. The minimum absolute atomic E-state index is 0.119. The van der Waals surface area contributed by atoms with Crippen molar-refractivity contribution in [2.75, 3.05) is 0 Å². The Kier molecular flexibility index (Phi) is 6.45. The fourth-order valence-electron chi connectivity index (χ4n) is 2.49. The number of nitrogens with zero attached hydrogens (tertiary/aromatic N) is 1. The Morgan fingerprint density at radius 3 is 2.39 bits per heavy atom. The van der Waals surface area contributed by atoms with Crippen molar-refractivity contribution < 1.29 is 14.6 Å². The maximum absolute atomic E-state index is 12.3. The normalized spacial score (nSPS) is 11.1. The summed E-state index contributed by atoms with van der Waals surface area (Å²) >= 11 is 3.39. The third-order valence-corrected chi connectivity index (χ3v) is 4.58. The zero-order valence-electron chi connectivity index (χ0n) is 15.2. The quantitative estimate of drug-likeness (QED) is 0.425. The van der Waals surface area contributed by atoms with Gasteiger partial charge in [0.2, 0.25) is 0 Å². The number of amides is 1. The molecule has 3 aromatic rings. The predicted octanol–water partition coefficient (Wildman–Crippen LogP) is 4.89. The molecule has 0 aliphatic rings. The van der Waals surface area contributed by atoms with Gasteiger partial charge in [0.25, 0.3) is 5.91 Å². The smallest absolute Gasteiger partial charge is 0.271 e. The van der Waals surface area contributed by atoms with E-state index in [1.165, 1.54) is 0 Å².